The summed E-state index contributed by atoms with van der Waals surface area (Å²) in [5, 5.41) is 0. The molecule has 188 valence electrons. The highest BCUT2D eigenvalue weighted by Gasteiger charge is 2.35. The van der Waals surface area contributed by atoms with Crippen molar-refractivity contribution in [1.29, 1.82) is 0 Å². The third kappa shape index (κ3) is 3.73. The summed E-state index contributed by atoms with van der Waals surface area (Å²) in [5.74, 6) is -0.343. The van der Waals surface area contributed by atoms with Crippen LogP contribution in [0.2, 0.25) is 0 Å². The number of hydrogen-bond donors (Lipinski definition) is 0. The summed E-state index contributed by atoms with van der Waals surface area (Å²) in [7, 11) is 0. The van der Waals surface area contributed by atoms with E-state index in [-0.39, 0.29) is 11.1 Å². The van der Waals surface area contributed by atoms with Gasteiger partial charge in [-0.1, -0.05) is 36.4 Å². The minimum Gasteiger partial charge on any atom is -0.421 e. The standard InChI is InChI=1S/C32H26N2O4/c1-19-15-21(3)33(23-11-7-5-8-12-23)29(19)27-17-25(31(35)37-27)26-18-28(38-32(26)36)30-20(2)16-22(4)34(30)24-13-9-6-10-14-24/h5-18H,1-4H3/b26-25+. The number of aromatic nitrogens is 2. The highest BCUT2D eigenvalue weighted by molar-refractivity contribution is 6.12. The molecule has 0 fully saturated rings. The van der Waals surface area contributed by atoms with Gasteiger partial charge in [-0.3, -0.25) is 0 Å². The number of carbonyl (C=O) groups is 2. The molecule has 2 aliphatic rings. The van der Waals surface area contributed by atoms with Gasteiger partial charge in [0.25, 0.3) is 0 Å². The molecule has 4 heterocycles. The van der Waals surface area contributed by atoms with Crippen molar-refractivity contribution in [3.05, 3.63) is 130 Å². The second kappa shape index (κ2) is 8.92. The number of benzene rings is 2. The summed E-state index contributed by atoms with van der Waals surface area (Å²) in [6.45, 7) is 7.98. The molecule has 4 aromatic rings. The van der Waals surface area contributed by atoms with E-state index in [2.05, 4.69) is 9.13 Å². The second-order valence-electron chi connectivity index (χ2n) is 9.60. The number of rotatable bonds is 4. The van der Waals surface area contributed by atoms with Gasteiger partial charge in [0.15, 0.2) is 11.5 Å². The Morgan fingerprint density at radius 1 is 0.553 bits per heavy atom. The van der Waals surface area contributed by atoms with E-state index in [1.165, 1.54) is 0 Å². The van der Waals surface area contributed by atoms with Crippen molar-refractivity contribution in [2.45, 2.75) is 27.7 Å². The lowest BCUT2D eigenvalue weighted by Crippen LogP contribution is -2.07. The summed E-state index contributed by atoms with van der Waals surface area (Å²) in [5.41, 5.74) is 7.79. The molecule has 38 heavy (non-hydrogen) atoms. The lowest BCUT2D eigenvalue weighted by Gasteiger charge is -2.12. The Morgan fingerprint density at radius 3 is 1.29 bits per heavy atom. The zero-order valence-electron chi connectivity index (χ0n) is 21.6. The number of aryl methyl sites for hydroxylation is 4. The van der Waals surface area contributed by atoms with Gasteiger partial charge in [-0.05, 0) is 87.4 Å². The van der Waals surface area contributed by atoms with E-state index in [1.807, 2.05) is 100 Å². The van der Waals surface area contributed by atoms with Crippen LogP contribution in [-0.4, -0.2) is 21.1 Å². The van der Waals surface area contributed by atoms with Crippen molar-refractivity contribution in [2.75, 3.05) is 0 Å². The Hall–Kier alpha value is -4.84. The summed E-state index contributed by atoms with van der Waals surface area (Å²) >= 11 is 0. The van der Waals surface area contributed by atoms with Crippen LogP contribution in [0.1, 0.15) is 33.9 Å². The van der Waals surface area contributed by atoms with Gasteiger partial charge in [-0.25, -0.2) is 9.59 Å². The van der Waals surface area contributed by atoms with Gasteiger partial charge >= 0.3 is 11.9 Å². The predicted octanol–water partition coefficient (Wildman–Crippen LogP) is 6.29. The fourth-order valence-electron chi connectivity index (χ4n) is 5.38. The number of hydrogen-bond acceptors (Lipinski definition) is 4. The van der Waals surface area contributed by atoms with E-state index in [9.17, 15) is 9.59 Å². The van der Waals surface area contributed by atoms with Crippen molar-refractivity contribution >= 4 is 23.5 Å². The molecule has 0 radical (unpaired) electrons. The van der Waals surface area contributed by atoms with Crippen LogP contribution < -0.4 is 0 Å². The van der Waals surface area contributed by atoms with E-state index in [4.69, 9.17) is 9.47 Å². The van der Waals surface area contributed by atoms with Gasteiger partial charge in [0.1, 0.15) is 0 Å². The molecule has 0 atom stereocenters. The molecule has 0 saturated heterocycles. The summed E-state index contributed by atoms with van der Waals surface area (Å²) in [6, 6.07) is 23.9. The summed E-state index contributed by atoms with van der Waals surface area (Å²) in [4.78, 5) is 26.2. The number of carbonyl (C=O) groups excluding carboxylic acids is 2. The molecule has 0 amide bonds. The van der Waals surface area contributed by atoms with Crippen LogP contribution >= 0.6 is 0 Å². The monoisotopic (exact) mass is 502 g/mol. The number of ether oxygens (including phenoxy) is 2. The Bertz CT molecular complexity index is 1590. The minimum absolute atomic E-state index is 0.185. The first kappa shape index (κ1) is 23.6. The van der Waals surface area contributed by atoms with E-state index >= 15 is 0 Å². The quantitative estimate of drug-likeness (QED) is 0.243. The Labute approximate surface area is 220 Å². The zero-order valence-corrected chi connectivity index (χ0v) is 21.6. The van der Waals surface area contributed by atoms with Gasteiger partial charge in [0.05, 0.1) is 22.5 Å². The number of nitrogens with zero attached hydrogens (tertiary/aromatic N) is 2. The first-order chi connectivity index (χ1) is 18.3. The van der Waals surface area contributed by atoms with E-state index < -0.39 is 11.9 Å². The van der Waals surface area contributed by atoms with Crippen LogP contribution in [0.25, 0.3) is 22.9 Å². The molecule has 0 N–H and O–H groups in total. The van der Waals surface area contributed by atoms with Crippen LogP contribution in [0.5, 0.6) is 0 Å². The van der Waals surface area contributed by atoms with Crippen molar-refractivity contribution in [3.8, 4) is 11.4 Å². The molecular formula is C32H26N2O4. The van der Waals surface area contributed by atoms with Gasteiger partial charge in [-0.15, -0.1) is 0 Å². The van der Waals surface area contributed by atoms with E-state index in [0.29, 0.717) is 11.5 Å². The van der Waals surface area contributed by atoms with Crippen LogP contribution in [0.3, 0.4) is 0 Å². The fraction of sp³-hybridized carbons (Fsp3) is 0.125. The van der Waals surface area contributed by atoms with Gasteiger partial charge in [-0.2, -0.15) is 0 Å². The van der Waals surface area contributed by atoms with Crippen molar-refractivity contribution in [3.63, 3.8) is 0 Å². The molecule has 0 saturated carbocycles. The average molecular weight is 503 g/mol. The highest BCUT2D eigenvalue weighted by atomic mass is 16.5. The smallest absolute Gasteiger partial charge is 0.344 e. The second-order valence-corrected chi connectivity index (χ2v) is 9.60. The maximum Gasteiger partial charge on any atom is 0.344 e. The van der Waals surface area contributed by atoms with Crippen molar-refractivity contribution in [2.24, 2.45) is 0 Å². The van der Waals surface area contributed by atoms with Crippen molar-refractivity contribution in [1.82, 2.24) is 9.13 Å². The third-order valence-corrected chi connectivity index (χ3v) is 6.93. The van der Waals surface area contributed by atoms with Crippen molar-refractivity contribution < 1.29 is 19.1 Å². The van der Waals surface area contributed by atoms with Gasteiger partial charge in [0.2, 0.25) is 0 Å². The fourth-order valence-corrected chi connectivity index (χ4v) is 5.38. The van der Waals surface area contributed by atoms with Gasteiger partial charge in [0, 0.05) is 22.8 Å². The number of esters is 2. The Kier molecular flexibility index (Phi) is 5.53. The summed E-state index contributed by atoms with van der Waals surface area (Å²) in [6.07, 6.45) is 3.29. The molecule has 0 bridgehead atoms. The molecule has 2 aromatic heterocycles. The van der Waals surface area contributed by atoms with Crippen LogP contribution in [0, 0.1) is 27.7 Å². The molecular weight excluding hydrogens is 476 g/mol. The Balaban J connectivity index is 1.47. The molecule has 6 heteroatoms. The largest absolute Gasteiger partial charge is 0.421 e. The highest BCUT2D eigenvalue weighted by Crippen LogP contribution is 2.38. The van der Waals surface area contributed by atoms with Crippen LogP contribution in [0.15, 0.2) is 96.1 Å². The van der Waals surface area contributed by atoms with Crippen LogP contribution in [-0.2, 0) is 19.1 Å². The molecule has 0 spiro atoms. The van der Waals surface area contributed by atoms with E-state index in [0.717, 1.165) is 45.3 Å². The lowest BCUT2D eigenvalue weighted by atomic mass is 10.1. The SMILES string of the molecule is Cc1cc(C)n(-c2ccccc2)c1C1=C/C(=C2/C=C(c3c(C)cc(C)n3-c3ccccc3)OC2=O)C(=O)O1. The minimum atomic E-state index is -0.575. The molecule has 2 aromatic carbocycles. The summed E-state index contributed by atoms with van der Waals surface area (Å²) < 4.78 is 15.6. The molecule has 6 nitrogen and oxygen atoms in total. The molecule has 2 aliphatic heterocycles. The third-order valence-electron chi connectivity index (χ3n) is 6.93. The predicted molar refractivity (Wildman–Crippen MR) is 146 cm³/mol. The van der Waals surface area contributed by atoms with Gasteiger partial charge < -0.3 is 18.6 Å². The zero-order chi connectivity index (χ0) is 26.6. The molecule has 0 unspecified atom stereocenters. The average Bonchev–Trinajstić information content (AvgIpc) is 3.62. The van der Waals surface area contributed by atoms with E-state index in [1.54, 1.807) is 12.2 Å². The van der Waals surface area contributed by atoms with Crippen LogP contribution in [0.4, 0.5) is 0 Å². The lowest BCUT2D eigenvalue weighted by molar-refractivity contribution is -0.133. The molecule has 6 rings (SSSR count). The first-order valence-electron chi connectivity index (χ1n) is 12.4. The Morgan fingerprint density at radius 2 is 0.921 bits per heavy atom. The number of para-hydroxylation sites is 2. The normalized spacial score (nSPS) is 16.9. The maximum atomic E-state index is 13.1. The number of cyclic esters (lactones) is 2. The molecule has 0 aliphatic carbocycles. The first-order valence-corrected chi connectivity index (χ1v) is 12.4. The topological polar surface area (TPSA) is 62.5 Å². The maximum absolute atomic E-state index is 13.1.